The molecule has 1 fully saturated rings. The summed E-state index contributed by atoms with van der Waals surface area (Å²) in [6, 6.07) is 16.6. The molecule has 28 heavy (non-hydrogen) atoms. The van der Waals surface area contributed by atoms with E-state index in [4.69, 9.17) is 4.74 Å². The van der Waals surface area contributed by atoms with Gasteiger partial charge in [-0.05, 0) is 23.6 Å². The van der Waals surface area contributed by atoms with Crippen molar-refractivity contribution in [2.45, 2.75) is 23.7 Å². The number of rotatable bonds is 4. The van der Waals surface area contributed by atoms with Crippen molar-refractivity contribution in [3.8, 4) is 11.1 Å². The number of β-lactam (4-membered cyclic amide) rings is 1. The quantitative estimate of drug-likeness (QED) is 0.585. The highest BCUT2D eigenvalue weighted by molar-refractivity contribution is 7.93. The fourth-order valence-corrected chi connectivity index (χ4v) is 6.14. The first kappa shape index (κ1) is 18.6. The smallest absolute Gasteiger partial charge is 0.260 e. The van der Waals surface area contributed by atoms with Crippen LogP contribution in [0.15, 0.2) is 66.4 Å². The third-order valence-electron chi connectivity index (χ3n) is 5.22. The van der Waals surface area contributed by atoms with E-state index in [0.29, 0.717) is 11.1 Å². The Hall–Kier alpha value is -2.77. The average Bonchev–Trinajstić information content (AvgIpc) is 2.69. The first-order valence-corrected chi connectivity index (χ1v) is 10.4. The summed E-state index contributed by atoms with van der Waals surface area (Å²) in [7, 11) is -2.66. The van der Waals surface area contributed by atoms with Crippen LogP contribution in [-0.4, -0.2) is 48.8 Å². The summed E-state index contributed by atoms with van der Waals surface area (Å²) in [5.41, 5.74) is 2.59. The van der Waals surface area contributed by atoms with E-state index in [1.807, 2.05) is 30.3 Å². The molecule has 0 radical (unpaired) electrons. The molecular formula is C21H19NO5S. The van der Waals surface area contributed by atoms with E-state index in [1.165, 1.54) is 13.3 Å². The number of ketones is 1. The van der Waals surface area contributed by atoms with Gasteiger partial charge in [-0.15, -0.1) is 0 Å². The summed E-state index contributed by atoms with van der Waals surface area (Å²) in [5.74, 6) is -0.907. The number of Topliss-reactive ketones (excluding diaryl/α,β-unsaturated/α-hetero) is 1. The molecule has 1 amide bonds. The summed E-state index contributed by atoms with van der Waals surface area (Å²) in [4.78, 5) is 26.2. The Morgan fingerprint density at radius 3 is 2.21 bits per heavy atom. The molecular weight excluding hydrogens is 378 g/mol. The van der Waals surface area contributed by atoms with Gasteiger partial charge in [0.2, 0.25) is 0 Å². The highest BCUT2D eigenvalue weighted by atomic mass is 32.2. The fraction of sp³-hybridized carbons (Fsp3) is 0.238. The Morgan fingerprint density at radius 1 is 1.00 bits per heavy atom. The predicted octanol–water partition coefficient (Wildman–Crippen LogP) is 2.42. The third kappa shape index (κ3) is 2.70. The SMILES string of the molecule is CO[C@H]1C(=O)N2C=C(C)C(C(=O)c3ccc(-c4ccccc4)cc3)S(=O)(=O)[C@H]12. The molecule has 2 aromatic rings. The lowest BCUT2D eigenvalue weighted by Crippen LogP contribution is -2.70. The molecule has 2 aliphatic rings. The average molecular weight is 397 g/mol. The first-order valence-electron chi connectivity index (χ1n) is 8.82. The van der Waals surface area contributed by atoms with Crippen LogP contribution in [0.3, 0.4) is 0 Å². The van der Waals surface area contributed by atoms with E-state index in [-0.39, 0.29) is 0 Å². The Bertz CT molecular complexity index is 1070. The number of nitrogens with zero attached hydrogens (tertiary/aromatic N) is 1. The summed E-state index contributed by atoms with van der Waals surface area (Å²) in [6.07, 6.45) is 0.384. The van der Waals surface area contributed by atoms with Crippen LogP contribution >= 0.6 is 0 Å². The van der Waals surface area contributed by atoms with E-state index in [9.17, 15) is 18.0 Å². The maximum absolute atomic E-state index is 13.1. The highest BCUT2D eigenvalue weighted by Crippen LogP contribution is 2.38. The Labute approximate surface area is 163 Å². The number of benzene rings is 2. The van der Waals surface area contributed by atoms with Crippen LogP contribution in [0.25, 0.3) is 11.1 Å². The minimum atomic E-state index is -3.96. The van der Waals surface area contributed by atoms with Crippen LogP contribution in [0.1, 0.15) is 17.3 Å². The van der Waals surface area contributed by atoms with E-state index < -0.39 is 38.3 Å². The van der Waals surface area contributed by atoms with E-state index in [2.05, 4.69) is 0 Å². The maximum Gasteiger partial charge on any atom is 0.260 e. The highest BCUT2D eigenvalue weighted by Gasteiger charge is 2.60. The second kappa shape index (κ2) is 6.68. The topological polar surface area (TPSA) is 80.8 Å². The molecule has 144 valence electrons. The Balaban J connectivity index is 1.67. The Kier molecular flexibility index (Phi) is 4.44. The monoisotopic (exact) mass is 397 g/mol. The molecule has 0 aromatic heterocycles. The molecule has 0 aliphatic carbocycles. The summed E-state index contributed by atoms with van der Waals surface area (Å²) < 4.78 is 31.2. The van der Waals surface area contributed by atoms with Crippen molar-refractivity contribution in [1.29, 1.82) is 0 Å². The normalized spacial score (nSPS) is 25.5. The van der Waals surface area contributed by atoms with Crippen LogP contribution in [0.5, 0.6) is 0 Å². The lowest BCUT2D eigenvalue weighted by molar-refractivity contribution is -0.157. The summed E-state index contributed by atoms with van der Waals surface area (Å²) in [6.45, 7) is 1.56. The van der Waals surface area contributed by atoms with E-state index in [1.54, 1.807) is 31.2 Å². The zero-order chi connectivity index (χ0) is 20.1. The first-order chi connectivity index (χ1) is 13.4. The van der Waals surface area contributed by atoms with Gasteiger partial charge in [-0.2, -0.15) is 0 Å². The van der Waals surface area contributed by atoms with Gasteiger partial charge in [0.25, 0.3) is 5.91 Å². The molecule has 3 atom stereocenters. The molecule has 0 N–H and O–H groups in total. The van der Waals surface area contributed by atoms with Crippen LogP contribution < -0.4 is 0 Å². The number of ether oxygens (including phenoxy) is 1. The number of hydrogen-bond acceptors (Lipinski definition) is 5. The molecule has 1 unspecified atom stereocenters. The van der Waals surface area contributed by atoms with Crippen molar-refractivity contribution in [3.63, 3.8) is 0 Å². The molecule has 7 heteroatoms. The molecule has 0 saturated carbocycles. The largest absolute Gasteiger partial charge is 0.368 e. The van der Waals surface area contributed by atoms with Crippen LogP contribution in [-0.2, 0) is 19.4 Å². The number of carbonyl (C=O) groups is 2. The zero-order valence-electron chi connectivity index (χ0n) is 15.4. The molecule has 0 bridgehead atoms. The number of hydrogen-bond donors (Lipinski definition) is 0. The van der Waals surface area contributed by atoms with Gasteiger partial charge in [0.15, 0.2) is 27.1 Å². The lowest BCUT2D eigenvalue weighted by Gasteiger charge is -2.47. The second-order valence-corrected chi connectivity index (χ2v) is 9.07. The van der Waals surface area contributed by atoms with Crippen molar-refractivity contribution in [2.24, 2.45) is 0 Å². The Morgan fingerprint density at radius 2 is 1.61 bits per heavy atom. The molecule has 1 saturated heterocycles. The van der Waals surface area contributed by atoms with Gasteiger partial charge in [0.1, 0.15) is 5.25 Å². The molecule has 6 nitrogen and oxygen atoms in total. The van der Waals surface area contributed by atoms with Crippen LogP contribution in [0, 0.1) is 0 Å². The van der Waals surface area contributed by atoms with E-state index >= 15 is 0 Å². The van der Waals surface area contributed by atoms with Crippen LogP contribution in [0.4, 0.5) is 0 Å². The van der Waals surface area contributed by atoms with Gasteiger partial charge in [0, 0.05) is 18.9 Å². The lowest BCUT2D eigenvalue weighted by atomic mass is 9.99. The van der Waals surface area contributed by atoms with Gasteiger partial charge in [-0.25, -0.2) is 8.42 Å². The molecule has 4 rings (SSSR count). The maximum atomic E-state index is 13.1. The summed E-state index contributed by atoms with van der Waals surface area (Å²) >= 11 is 0. The summed E-state index contributed by atoms with van der Waals surface area (Å²) in [5, 5.41) is -2.46. The fourth-order valence-electron chi connectivity index (χ4n) is 3.79. The number of amides is 1. The number of methoxy groups -OCH3 is 1. The predicted molar refractivity (Wildman–Crippen MR) is 104 cm³/mol. The van der Waals surface area contributed by atoms with Crippen molar-refractivity contribution in [2.75, 3.05) is 7.11 Å². The van der Waals surface area contributed by atoms with Crippen molar-refractivity contribution in [1.82, 2.24) is 4.90 Å². The number of fused-ring (bicyclic) bond motifs is 1. The van der Waals surface area contributed by atoms with Crippen molar-refractivity contribution < 1.29 is 22.7 Å². The van der Waals surface area contributed by atoms with E-state index in [0.717, 1.165) is 16.0 Å². The molecule has 0 spiro atoms. The van der Waals surface area contributed by atoms with Gasteiger partial charge in [-0.1, -0.05) is 54.6 Å². The van der Waals surface area contributed by atoms with Gasteiger partial charge < -0.3 is 4.74 Å². The number of carbonyl (C=O) groups excluding carboxylic acids is 2. The van der Waals surface area contributed by atoms with Crippen molar-refractivity contribution in [3.05, 3.63) is 71.9 Å². The second-order valence-electron chi connectivity index (χ2n) is 6.94. The zero-order valence-corrected chi connectivity index (χ0v) is 16.2. The van der Waals surface area contributed by atoms with Gasteiger partial charge in [0.05, 0.1) is 0 Å². The molecule has 2 aliphatic heterocycles. The standard InChI is InChI=1S/C21H19NO5S/c1-13-12-22-20(24)18(27-2)21(22)28(25,26)19(13)17(23)16-10-8-15(9-11-16)14-6-4-3-5-7-14/h3-12,18-19,21H,1-2H3/t18-,19?,21+/m0/s1. The van der Waals surface area contributed by atoms with Crippen molar-refractivity contribution >= 4 is 21.5 Å². The van der Waals surface area contributed by atoms with Gasteiger partial charge >= 0.3 is 0 Å². The molecule has 2 aromatic carbocycles. The third-order valence-corrected chi connectivity index (χ3v) is 7.61. The van der Waals surface area contributed by atoms with Crippen LogP contribution in [0.2, 0.25) is 0 Å². The molecule has 2 heterocycles. The minimum absolute atomic E-state index is 0.314. The van der Waals surface area contributed by atoms with Gasteiger partial charge in [-0.3, -0.25) is 14.5 Å². The minimum Gasteiger partial charge on any atom is -0.368 e. The number of sulfone groups is 1.